The molecular weight excluding hydrogens is 348 g/mol. The molecule has 144 valence electrons. The van der Waals surface area contributed by atoms with Crippen molar-refractivity contribution in [1.29, 1.82) is 0 Å². The first kappa shape index (κ1) is 19.5. The average molecular weight is 373 g/mol. The van der Waals surface area contributed by atoms with E-state index in [1.165, 1.54) is 23.5 Å². The number of likely N-dealkylation sites (tertiary alicyclic amines) is 1. The average Bonchev–Trinajstić information content (AvgIpc) is 2.70. The zero-order chi connectivity index (χ0) is 19.4. The zero-order valence-electron chi connectivity index (χ0n) is 15.5. The minimum Gasteiger partial charge on any atom is -0.393 e. The van der Waals surface area contributed by atoms with Crippen LogP contribution in [-0.4, -0.2) is 35.1 Å². The van der Waals surface area contributed by atoms with E-state index in [0.29, 0.717) is 32.4 Å². The molecule has 0 spiro atoms. The maximum absolute atomic E-state index is 14.2. The molecule has 3 rings (SSSR count). The number of carbonyl (C=O) groups is 1. The minimum atomic E-state index is -0.826. The maximum Gasteiger partial charge on any atom is 0.259 e. The second-order valence-electron chi connectivity index (χ2n) is 7.27. The number of hydrogen-bond donors (Lipinski definition) is 1. The van der Waals surface area contributed by atoms with Gasteiger partial charge >= 0.3 is 0 Å². The van der Waals surface area contributed by atoms with E-state index in [1.54, 1.807) is 0 Å². The Kier molecular flexibility index (Phi) is 6.22. The molecule has 5 heteroatoms. The summed E-state index contributed by atoms with van der Waals surface area (Å²) in [5.74, 6) is -2.12. The summed E-state index contributed by atoms with van der Waals surface area (Å²) in [7, 11) is 0. The van der Waals surface area contributed by atoms with Crippen molar-refractivity contribution in [2.45, 2.75) is 38.7 Å². The van der Waals surface area contributed by atoms with Gasteiger partial charge in [0, 0.05) is 13.1 Å². The summed E-state index contributed by atoms with van der Waals surface area (Å²) in [5.41, 5.74) is 0.971. The number of aliphatic hydroxyl groups is 1. The largest absolute Gasteiger partial charge is 0.393 e. The van der Waals surface area contributed by atoms with Crippen molar-refractivity contribution < 1.29 is 18.7 Å². The van der Waals surface area contributed by atoms with E-state index in [-0.39, 0.29) is 11.5 Å². The molecule has 0 bridgehead atoms. The van der Waals surface area contributed by atoms with E-state index in [1.807, 2.05) is 30.3 Å². The smallest absolute Gasteiger partial charge is 0.259 e. The number of benzene rings is 2. The highest BCUT2D eigenvalue weighted by Crippen LogP contribution is 2.26. The van der Waals surface area contributed by atoms with E-state index in [0.717, 1.165) is 12.5 Å². The number of aryl methyl sites for hydroxylation is 2. The van der Waals surface area contributed by atoms with Crippen LogP contribution in [0.1, 0.15) is 40.7 Å². The second kappa shape index (κ2) is 8.61. The highest BCUT2D eigenvalue weighted by Gasteiger charge is 2.30. The summed E-state index contributed by atoms with van der Waals surface area (Å²) in [6.45, 7) is 2.32. The number of rotatable bonds is 5. The van der Waals surface area contributed by atoms with E-state index in [9.17, 15) is 18.7 Å². The molecule has 0 aromatic heterocycles. The lowest BCUT2D eigenvalue weighted by Gasteiger charge is -2.34. The molecule has 1 saturated heterocycles. The van der Waals surface area contributed by atoms with Crippen molar-refractivity contribution in [3.8, 4) is 0 Å². The van der Waals surface area contributed by atoms with Gasteiger partial charge in [-0.15, -0.1) is 0 Å². The predicted molar refractivity (Wildman–Crippen MR) is 100 cm³/mol. The SMILES string of the molecule is Cc1ccc(F)c(C(=O)N2CCC([C@@H](O)CCc3ccccc3)CC2)c1F. The standard InChI is InChI=1S/C22H25F2NO2/c1-15-7-9-18(23)20(21(15)24)22(27)25-13-11-17(12-14-25)19(26)10-8-16-5-3-2-4-6-16/h2-7,9,17,19,26H,8,10-14H2,1H3/t19-/m0/s1. The third-order valence-electron chi connectivity index (χ3n) is 5.44. The first-order valence-corrected chi connectivity index (χ1v) is 9.43. The van der Waals surface area contributed by atoms with Crippen LogP contribution in [-0.2, 0) is 6.42 Å². The third-order valence-corrected chi connectivity index (χ3v) is 5.44. The van der Waals surface area contributed by atoms with Gasteiger partial charge in [0.25, 0.3) is 5.91 Å². The number of carbonyl (C=O) groups excluding carboxylic acids is 1. The van der Waals surface area contributed by atoms with Crippen LogP contribution in [0.3, 0.4) is 0 Å². The Morgan fingerprint density at radius 1 is 1.15 bits per heavy atom. The lowest BCUT2D eigenvalue weighted by atomic mass is 9.88. The van der Waals surface area contributed by atoms with Gasteiger partial charge in [-0.05, 0) is 55.7 Å². The van der Waals surface area contributed by atoms with Crippen molar-refractivity contribution in [2.75, 3.05) is 13.1 Å². The lowest BCUT2D eigenvalue weighted by molar-refractivity contribution is 0.0431. The summed E-state index contributed by atoms with van der Waals surface area (Å²) in [4.78, 5) is 14.1. The fraction of sp³-hybridized carbons (Fsp3) is 0.409. The van der Waals surface area contributed by atoms with Gasteiger partial charge in [-0.3, -0.25) is 4.79 Å². The number of nitrogens with zero attached hydrogens (tertiary/aromatic N) is 1. The molecule has 0 aliphatic carbocycles. The molecule has 2 aromatic carbocycles. The molecule has 0 radical (unpaired) electrons. The Morgan fingerprint density at radius 2 is 1.81 bits per heavy atom. The van der Waals surface area contributed by atoms with Gasteiger partial charge in [0.1, 0.15) is 17.2 Å². The van der Waals surface area contributed by atoms with Crippen LogP contribution in [0, 0.1) is 24.5 Å². The molecule has 1 heterocycles. The van der Waals surface area contributed by atoms with Gasteiger partial charge in [-0.2, -0.15) is 0 Å². The van der Waals surface area contributed by atoms with Crippen LogP contribution >= 0.6 is 0 Å². The highest BCUT2D eigenvalue weighted by atomic mass is 19.1. The number of aliphatic hydroxyl groups excluding tert-OH is 1. The van der Waals surface area contributed by atoms with Gasteiger partial charge in [-0.1, -0.05) is 36.4 Å². The van der Waals surface area contributed by atoms with Crippen LogP contribution in [0.2, 0.25) is 0 Å². The Hall–Kier alpha value is -2.27. The van der Waals surface area contributed by atoms with Gasteiger partial charge < -0.3 is 10.0 Å². The van der Waals surface area contributed by atoms with Crippen LogP contribution in [0.5, 0.6) is 0 Å². The zero-order valence-corrected chi connectivity index (χ0v) is 15.5. The second-order valence-corrected chi connectivity index (χ2v) is 7.27. The van der Waals surface area contributed by atoms with E-state index < -0.39 is 29.2 Å². The molecule has 3 nitrogen and oxygen atoms in total. The van der Waals surface area contributed by atoms with Crippen molar-refractivity contribution >= 4 is 5.91 Å². The molecule has 1 aliphatic rings. The molecule has 1 fully saturated rings. The topological polar surface area (TPSA) is 40.5 Å². The minimum absolute atomic E-state index is 0.102. The maximum atomic E-state index is 14.2. The van der Waals surface area contributed by atoms with E-state index >= 15 is 0 Å². The number of halogens is 2. The summed E-state index contributed by atoms with van der Waals surface area (Å²) in [6, 6.07) is 12.5. The monoisotopic (exact) mass is 373 g/mol. The Bertz CT molecular complexity index is 786. The molecule has 1 aliphatic heterocycles. The first-order chi connectivity index (χ1) is 13.0. The van der Waals surface area contributed by atoms with Crippen LogP contribution < -0.4 is 0 Å². The number of hydrogen-bond acceptors (Lipinski definition) is 2. The molecule has 1 atom stereocenters. The Balaban J connectivity index is 1.55. The number of piperidine rings is 1. The van der Waals surface area contributed by atoms with Crippen molar-refractivity contribution in [1.82, 2.24) is 4.90 Å². The normalized spacial score (nSPS) is 16.4. The van der Waals surface area contributed by atoms with Gasteiger partial charge in [0.15, 0.2) is 0 Å². The molecule has 27 heavy (non-hydrogen) atoms. The van der Waals surface area contributed by atoms with E-state index in [4.69, 9.17) is 0 Å². The molecule has 1 amide bonds. The molecular formula is C22H25F2NO2. The summed E-state index contributed by atoms with van der Waals surface area (Å²) in [5, 5.41) is 10.5. The molecule has 0 saturated carbocycles. The van der Waals surface area contributed by atoms with Crippen molar-refractivity contribution in [3.63, 3.8) is 0 Å². The highest BCUT2D eigenvalue weighted by molar-refractivity contribution is 5.95. The van der Waals surface area contributed by atoms with Crippen LogP contribution in [0.25, 0.3) is 0 Å². The Labute approximate surface area is 158 Å². The van der Waals surface area contributed by atoms with Gasteiger partial charge in [0.2, 0.25) is 0 Å². The molecule has 2 aromatic rings. The van der Waals surface area contributed by atoms with Crippen LogP contribution in [0.4, 0.5) is 8.78 Å². The lowest BCUT2D eigenvalue weighted by Crippen LogP contribution is -2.42. The van der Waals surface area contributed by atoms with Crippen molar-refractivity contribution in [2.24, 2.45) is 5.92 Å². The summed E-state index contributed by atoms with van der Waals surface area (Å²) < 4.78 is 28.2. The quantitative estimate of drug-likeness (QED) is 0.857. The van der Waals surface area contributed by atoms with E-state index in [2.05, 4.69) is 0 Å². The Morgan fingerprint density at radius 3 is 2.48 bits per heavy atom. The molecule has 1 N–H and O–H groups in total. The van der Waals surface area contributed by atoms with Gasteiger partial charge in [0.05, 0.1) is 6.10 Å². The van der Waals surface area contributed by atoms with Crippen molar-refractivity contribution in [3.05, 3.63) is 70.8 Å². The molecule has 0 unspecified atom stereocenters. The third kappa shape index (κ3) is 4.53. The van der Waals surface area contributed by atoms with Gasteiger partial charge in [-0.25, -0.2) is 8.78 Å². The summed E-state index contributed by atoms with van der Waals surface area (Å²) in [6.07, 6.45) is 2.31. The first-order valence-electron chi connectivity index (χ1n) is 9.43. The number of amides is 1. The fourth-order valence-corrected chi connectivity index (χ4v) is 3.69. The predicted octanol–water partition coefficient (Wildman–Crippen LogP) is 4.12. The summed E-state index contributed by atoms with van der Waals surface area (Å²) >= 11 is 0. The van der Waals surface area contributed by atoms with Crippen LogP contribution in [0.15, 0.2) is 42.5 Å². The fourth-order valence-electron chi connectivity index (χ4n) is 3.69.